The van der Waals surface area contributed by atoms with Crippen molar-refractivity contribution in [2.75, 3.05) is 37.4 Å². The van der Waals surface area contributed by atoms with Crippen molar-refractivity contribution in [3.63, 3.8) is 0 Å². The molecule has 0 aliphatic rings. The van der Waals surface area contributed by atoms with Gasteiger partial charge in [0.15, 0.2) is 5.82 Å². The van der Waals surface area contributed by atoms with Crippen LogP contribution in [0.4, 0.5) is 11.5 Å². The third-order valence-corrected chi connectivity index (χ3v) is 5.88. The highest BCUT2D eigenvalue weighted by molar-refractivity contribution is 7.91. The molecule has 0 unspecified atom stereocenters. The van der Waals surface area contributed by atoms with Crippen LogP contribution in [0, 0.1) is 0 Å². The fraction of sp³-hybridized carbons (Fsp3) is 0.333. The van der Waals surface area contributed by atoms with Gasteiger partial charge in [-0.1, -0.05) is 11.6 Å². The van der Waals surface area contributed by atoms with Crippen molar-refractivity contribution < 1.29 is 8.42 Å². The number of hydrogen-bond acceptors (Lipinski definition) is 7. The van der Waals surface area contributed by atoms with E-state index in [0.29, 0.717) is 16.7 Å². The minimum absolute atomic E-state index is 0.201. The number of rotatable bonds is 7. The first-order chi connectivity index (χ1) is 10.4. The Bertz CT molecular complexity index is 733. The second-order valence-electron chi connectivity index (χ2n) is 4.58. The van der Waals surface area contributed by atoms with Crippen LogP contribution in [0.15, 0.2) is 28.6 Å². The lowest BCUT2D eigenvalue weighted by Crippen LogP contribution is -2.28. The summed E-state index contributed by atoms with van der Waals surface area (Å²) in [5.41, 5.74) is 0.909. The van der Waals surface area contributed by atoms with E-state index in [0.717, 1.165) is 17.0 Å². The highest BCUT2D eigenvalue weighted by Gasteiger charge is 2.15. The van der Waals surface area contributed by atoms with E-state index in [4.69, 9.17) is 11.6 Å². The summed E-state index contributed by atoms with van der Waals surface area (Å²) in [6.45, 7) is 0.621. The number of sulfonamides is 1. The topological polar surface area (TPSA) is 87.2 Å². The first-order valence-electron chi connectivity index (χ1n) is 6.37. The minimum atomic E-state index is -3.52. The highest BCUT2D eigenvalue weighted by atomic mass is 35.5. The van der Waals surface area contributed by atoms with E-state index >= 15 is 0 Å². The predicted molar refractivity (Wildman–Crippen MR) is 89.4 cm³/mol. The van der Waals surface area contributed by atoms with Crippen LogP contribution in [0.25, 0.3) is 0 Å². The third kappa shape index (κ3) is 4.54. The Morgan fingerprint density at radius 1 is 1.32 bits per heavy atom. The molecule has 22 heavy (non-hydrogen) atoms. The number of halogens is 1. The van der Waals surface area contributed by atoms with Crippen molar-refractivity contribution in [2.24, 2.45) is 0 Å². The molecule has 2 heterocycles. The fourth-order valence-electron chi connectivity index (χ4n) is 1.58. The number of nitrogens with one attached hydrogen (secondary N) is 2. The Hall–Kier alpha value is -1.42. The molecule has 2 aromatic rings. The summed E-state index contributed by atoms with van der Waals surface area (Å²) >= 11 is 6.76. The van der Waals surface area contributed by atoms with Gasteiger partial charge in [0.25, 0.3) is 0 Å². The van der Waals surface area contributed by atoms with Gasteiger partial charge >= 0.3 is 0 Å². The lowest BCUT2D eigenvalue weighted by atomic mass is 10.4. The molecule has 120 valence electrons. The molecule has 0 aliphatic carbocycles. The minimum Gasteiger partial charge on any atom is -0.376 e. The maximum atomic E-state index is 12.0. The molecule has 0 bridgehead atoms. The lowest BCUT2D eigenvalue weighted by Gasteiger charge is -2.12. The van der Waals surface area contributed by atoms with Crippen molar-refractivity contribution in [3.05, 3.63) is 28.7 Å². The van der Waals surface area contributed by atoms with Crippen molar-refractivity contribution in [3.8, 4) is 0 Å². The molecule has 0 fully saturated rings. The van der Waals surface area contributed by atoms with Crippen molar-refractivity contribution in [1.29, 1.82) is 0 Å². The first kappa shape index (κ1) is 16.9. The molecule has 0 amide bonds. The van der Waals surface area contributed by atoms with E-state index in [9.17, 15) is 8.42 Å². The molecule has 10 heteroatoms. The number of anilines is 2. The van der Waals surface area contributed by atoms with Crippen LogP contribution in [0.3, 0.4) is 0 Å². The zero-order valence-corrected chi connectivity index (χ0v) is 14.5. The van der Waals surface area contributed by atoms with E-state index < -0.39 is 10.0 Å². The smallest absolute Gasteiger partial charge is 0.250 e. The summed E-state index contributed by atoms with van der Waals surface area (Å²) in [4.78, 5) is 1.91. The fourth-order valence-corrected chi connectivity index (χ4v) is 4.14. The zero-order valence-electron chi connectivity index (χ0n) is 12.1. The Kier molecular flexibility index (Phi) is 5.57. The third-order valence-electron chi connectivity index (χ3n) is 2.69. The molecule has 7 nitrogen and oxygen atoms in total. The summed E-state index contributed by atoms with van der Waals surface area (Å²) in [5, 5.41) is 10.8. The van der Waals surface area contributed by atoms with Gasteiger partial charge in [-0.3, -0.25) is 0 Å². The van der Waals surface area contributed by atoms with Crippen LogP contribution in [-0.2, 0) is 10.0 Å². The maximum Gasteiger partial charge on any atom is 0.250 e. The number of hydrogen-bond donors (Lipinski definition) is 2. The second kappa shape index (κ2) is 7.23. The SMILES string of the molecule is CN(C)c1cnnc(NCCNS(=O)(=O)c2ccc(Cl)s2)c1. The van der Waals surface area contributed by atoms with Gasteiger partial charge in [0.05, 0.1) is 16.2 Å². The van der Waals surface area contributed by atoms with Gasteiger partial charge in [0, 0.05) is 33.3 Å². The van der Waals surface area contributed by atoms with Crippen LogP contribution in [0.5, 0.6) is 0 Å². The predicted octanol–water partition coefficient (Wildman–Crippen LogP) is 1.65. The molecule has 0 saturated heterocycles. The summed E-state index contributed by atoms with van der Waals surface area (Å²) in [5.74, 6) is 0.588. The molecule has 0 aromatic carbocycles. The van der Waals surface area contributed by atoms with Crippen LogP contribution in [0.1, 0.15) is 0 Å². The van der Waals surface area contributed by atoms with Gasteiger partial charge in [-0.15, -0.1) is 16.4 Å². The van der Waals surface area contributed by atoms with Crippen LogP contribution < -0.4 is 14.9 Å². The molecule has 0 radical (unpaired) electrons. The quantitative estimate of drug-likeness (QED) is 0.729. The molecule has 0 spiro atoms. The lowest BCUT2D eigenvalue weighted by molar-refractivity contribution is 0.585. The van der Waals surface area contributed by atoms with Crippen molar-refractivity contribution in [1.82, 2.24) is 14.9 Å². The van der Waals surface area contributed by atoms with Gasteiger partial charge in [-0.2, -0.15) is 5.10 Å². The van der Waals surface area contributed by atoms with Crippen LogP contribution in [-0.4, -0.2) is 45.8 Å². The van der Waals surface area contributed by atoms with E-state index in [1.165, 1.54) is 6.07 Å². The molecule has 2 rings (SSSR count). The second-order valence-corrected chi connectivity index (χ2v) is 8.29. The summed E-state index contributed by atoms with van der Waals surface area (Å²) in [6.07, 6.45) is 1.65. The molecule has 0 aliphatic heterocycles. The summed E-state index contributed by atoms with van der Waals surface area (Å²) in [7, 11) is 0.292. The average molecular weight is 362 g/mol. The number of aromatic nitrogens is 2. The number of nitrogens with zero attached hydrogens (tertiary/aromatic N) is 3. The zero-order chi connectivity index (χ0) is 16.2. The van der Waals surface area contributed by atoms with Crippen molar-refractivity contribution in [2.45, 2.75) is 4.21 Å². The average Bonchev–Trinajstić information content (AvgIpc) is 2.91. The molecule has 2 N–H and O–H groups in total. The van der Waals surface area contributed by atoms with E-state index in [2.05, 4.69) is 20.2 Å². The highest BCUT2D eigenvalue weighted by Crippen LogP contribution is 2.25. The molecular formula is C12H16ClN5O2S2. The maximum absolute atomic E-state index is 12.0. The van der Waals surface area contributed by atoms with Gasteiger partial charge in [-0.25, -0.2) is 13.1 Å². The van der Waals surface area contributed by atoms with E-state index in [-0.39, 0.29) is 10.8 Å². The van der Waals surface area contributed by atoms with Gasteiger partial charge in [0.2, 0.25) is 10.0 Å². The van der Waals surface area contributed by atoms with E-state index in [1.54, 1.807) is 12.3 Å². The molecule has 0 atom stereocenters. The Morgan fingerprint density at radius 3 is 2.73 bits per heavy atom. The van der Waals surface area contributed by atoms with Gasteiger partial charge in [-0.05, 0) is 12.1 Å². The standard InChI is InChI=1S/C12H16ClN5O2S2/c1-18(2)9-7-11(17-15-8-9)14-5-6-16-22(19,20)12-4-3-10(13)21-12/h3-4,7-8,16H,5-6H2,1-2H3,(H,14,17). The normalized spacial score (nSPS) is 11.4. The number of thiophene rings is 1. The molecular weight excluding hydrogens is 346 g/mol. The summed E-state index contributed by atoms with van der Waals surface area (Å²) in [6, 6.07) is 4.87. The van der Waals surface area contributed by atoms with Crippen LogP contribution >= 0.6 is 22.9 Å². The van der Waals surface area contributed by atoms with Crippen LogP contribution in [0.2, 0.25) is 4.34 Å². The van der Waals surface area contributed by atoms with Gasteiger partial charge < -0.3 is 10.2 Å². The molecule has 0 saturated carbocycles. The Morgan fingerprint density at radius 2 is 2.09 bits per heavy atom. The largest absolute Gasteiger partial charge is 0.376 e. The molecule has 2 aromatic heterocycles. The Labute approximate surface area is 138 Å². The first-order valence-corrected chi connectivity index (χ1v) is 9.05. The van der Waals surface area contributed by atoms with Gasteiger partial charge in [0.1, 0.15) is 4.21 Å². The summed E-state index contributed by atoms with van der Waals surface area (Å²) < 4.78 is 27.1. The monoisotopic (exact) mass is 361 g/mol. The Balaban J connectivity index is 1.86. The van der Waals surface area contributed by atoms with E-state index in [1.807, 2.05) is 25.1 Å². The van der Waals surface area contributed by atoms with Crippen molar-refractivity contribution >= 4 is 44.5 Å².